The van der Waals surface area contributed by atoms with Gasteiger partial charge in [-0.25, -0.2) is 0 Å². The molecule has 0 aliphatic carbocycles. The van der Waals surface area contributed by atoms with Crippen LogP contribution in [0.1, 0.15) is 61.8 Å². The van der Waals surface area contributed by atoms with E-state index in [0.717, 1.165) is 0 Å². The van der Waals surface area contributed by atoms with Gasteiger partial charge in [-0.15, -0.1) is 0 Å². The number of hydrogen-bond acceptors (Lipinski definition) is 14. The van der Waals surface area contributed by atoms with Crippen molar-refractivity contribution in [2.24, 2.45) is 5.73 Å². The Morgan fingerprint density at radius 1 is 0.674 bits per heavy atom. The van der Waals surface area contributed by atoms with Gasteiger partial charge in [-0.05, 0) is 55.4 Å². The fraction of sp³-hybridized carbons (Fsp3) is 0.929. The van der Waals surface area contributed by atoms with Crippen molar-refractivity contribution in [1.82, 2.24) is 5.32 Å². The number of carbonyl (C=O) groups excluding carboxylic acids is 2. The largest absolute Gasteiger partial charge is 0.469 e. The summed E-state index contributed by atoms with van der Waals surface area (Å²) in [5, 5.41) is 2.87. The van der Waals surface area contributed by atoms with Crippen LogP contribution in [0.15, 0.2) is 0 Å². The van der Waals surface area contributed by atoms with E-state index in [0.29, 0.717) is 0 Å². The van der Waals surface area contributed by atoms with Gasteiger partial charge in [0.2, 0.25) is 5.72 Å². The molecule has 6 aliphatic rings. The van der Waals surface area contributed by atoms with Crippen LogP contribution in [0.5, 0.6) is 0 Å². The first kappa shape index (κ1) is 31.5. The molecule has 0 bridgehead atoms. The highest BCUT2D eigenvalue weighted by molar-refractivity contribution is 5.87. The lowest BCUT2D eigenvalue weighted by molar-refractivity contribution is -0.241. The average molecular weight is 617 g/mol. The molecule has 15 heteroatoms. The van der Waals surface area contributed by atoms with Crippen molar-refractivity contribution in [1.29, 1.82) is 0 Å². The number of fused-ring (bicyclic) bond motifs is 2. The number of esters is 1. The molecule has 15 nitrogen and oxygen atoms in total. The lowest BCUT2D eigenvalue weighted by Crippen LogP contribution is -2.68. The zero-order valence-electron chi connectivity index (χ0n) is 26.1. The molecule has 6 saturated heterocycles. The summed E-state index contributed by atoms with van der Waals surface area (Å²) in [6.07, 6.45) is -6.67. The Labute approximate surface area is 250 Å². The lowest BCUT2D eigenvalue weighted by atomic mass is 9.95. The van der Waals surface area contributed by atoms with Gasteiger partial charge < -0.3 is 57.4 Å². The van der Waals surface area contributed by atoms with E-state index in [1.54, 1.807) is 55.4 Å². The molecule has 0 spiro atoms. The molecule has 6 heterocycles. The van der Waals surface area contributed by atoms with Crippen molar-refractivity contribution in [3.63, 3.8) is 0 Å². The van der Waals surface area contributed by atoms with Crippen molar-refractivity contribution in [2.75, 3.05) is 20.3 Å². The number of rotatable bonds is 6. The fourth-order valence-corrected chi connectivity index (χ4v) is 6.86. The highest BCUT2D eigenvalue weighted by Crippen LogP contribution is 2.49. The van der Waals surface area contributed by atoms with Crippen LogP contribution in [-0.4, -0.2) is 116 Å². The Kier molecular flexibility index (Phi) is 7.32. The molecule has 0 aromatic rings. The predicted octanol–water partition coefficient (Wildman–Crippen LogP) is 0.158. The first-order valence-electron chi connectivity index (χ1n) is 14.7. The molecule has 244 valence electrons. The van der Waals surface area contributed by atoms with Gasteiger partial charge in [-0.2, -0.15) is 0 Å². The summed E-state index contributed by atoms with van der Waals surface area (Å²) < 4.78 is 66.3. The summed E-state index contributed by atoms with van der Waals surface area (Å²) >= 11 is 0. The topological polar surface area (TPSA) is 174 Å². The predicted molar refractivity (Wildman–Crippen MR) is 142 cm³/mol. The summed E-state index contributed by atoms with van der Waals surface area (Å²) in [5.74, 6) is -5.35. The summed E-state index contributed by atoms with van der Waals surface area (Å²) in [5.41, 5.74) is 2.93. The number of hydrogen-bond donors (Lipinski definition) is 2. The van der Waals surface area contributed by atoms with Gasteiger partial charge in [-0.1, -0.05) is 0 Å². The molecule has 0 radical (unpaired) electrons. The zero-order chi connectivity index (χ0) is 31.4. The van der Waals surface area contributed by atoms with Gasteiger partial charge in [0, 0.05) is 0 Å². The number of carbonyl (C=O) groups is 2. The second-order valence-corrected chi connectivity index (χ2v) is 13.8. The van der Waals surface area contributed by atoms with Crippen molar-refractivity contribution in [3.8, 4) is 0 Å². The van der Waals surface area contributed by atoms with Gasteiger partial charge in [0.25, 0.3) is 5.91 Å². The number of nitrogens with two attached hydrogens (primary N) is 1. The van der Waals surface area contributed by atoms with Crippen LogP contribution in [0.2, 0.25) is 0 Å². The molecular formula is C28H44N2O13. The SMILES string of the molecule is COC(=O)CC1(NC(=O)[C@]2(N)O[C@H]([C@H]3COC(C)(C)O3)[C@@H]3OC(C)(C)O[C@@H]32)O[C@H]([C@H]2COC(C)(C)O2)[C@@H]2OC(C)(C)O[C@@H]21. The Morgan fingerprint density at radius 2 is 1.16 bits per heavy atom. The summed E-state index contributed by atoms with van der Waals surface area (Å²) in [7, 11) is 1.24. The van der Waals surface area contributed by atoms with Crippen molar-refractivity contribution in [3.05, 3.63) is 0 Å². The van der Waals surface area contributed by atoms with E-state index in [2.05, 4.69) is 5.32 Å². The molecule has 0 aromatic carbocycles. The van der Waals surface area contributed by atoms with E-state index in [1.807, 2.05) is 0 Å². The van der Waals surface area contributed by atoms with E-state index < -0.39 is 102 Å². The van der Waals surface area contributed by atoms with Gasteiger partial charge in [0.15, 0.2) is 28.9 Å². The van der Waals surface area contributed by atoms with Crippen LogP contribution in [0, 0.1) is 0 Å². The molecule has 6 aliphatic heterocycles. The third-order valence-electron chi connectivity index (χ3n) is 8.57. The monoisotopic (exact) mass is 616 g/mol. The van der Waals surface area contributed by atoms with E-state index in [9.17, 15) is 9.59 Å². The maximum Gasteiger partial charge on any atom is 0.310 e. The maximum absolute atomic E-state index is 14.4. The standard InChI is InChI=1S/C28H44N2O13/c1-23(2)34-11-13(36-23)16-18-20(42-25(5,6)38-18)27(40-16,10-15(31)33-9)30-22(32)28(29)21-19(39-26(7,8)43-21)17(41-28)14-12-35-24(3,4)37-14/h13-14,16-21H,10-12,29H2,1-9H3,(H,30,32)/t13-,14-,16-,17-,18+,19+,20+,21+,27?,28-/m1/s1. The Morgan fingerprint density at radius 3 is 1.65 bits per heavy atom. The molecule has 0 saturated carbocycles. The number of nitrogens with one attached hydrogen (secondary N) is 1. The van der Waals surface area contributed by atoms with E-state index in [-0.39, 0.29) is 13.2 Å². The minimum absolute atomic E-state index is 0.197. The number of methoxy groups -OCH3 is 1. The maximum atomic E-state index is 14.4. The minimum Gasteiger partial charge on any atom is -0.469 e. The van der Waals surface area contributed by atoms with Crippen LogP contribution in [0.4, 0.5) is 0 Å². The van der Waals surface area contributed by atoms with E-state index in [4.69, 9.17) is 57.8 Å². The minimum atomic E-state index is -2.08. The van der Waals surface area contributed by atoms with Crippen LogP contribution in [0.3, 0.4) is 0 Å². The molecule has 1 unspecified atom stereocenters. The Balaban J connectivity index is 1.32. The van der Waals surface area contributed by atoms with Gasteiger partial charge in [-0.3, -0.25) is 15.3 Å². The van der Waals surface area contributed by atoms with Crippen LogP contribution < -0.4 is 11.1 Å². The molecule has 3 N–H and O–H groups in total. The third-order valence-corrected chi connectivity index (χ3v) is 8.57. The third kappa shape index (κ3) is 5.50. The van der Waals surface area contributed by atoms with Crippen molar-refractivity contribution < 1.29 is 61.7 Å². The smallest absolute Gasteiger partial charge is 0.310 e. The van der Waals surface area contributed by atoms with Crippen molar-refractivity contribution in [2.45, 2.75) is 145 Å². The molecule has 6 fully saturated rings. The fourth-order valence-electron chi connectivity index (χ4n) is 6.86. The molecule has 6 rings (SSSR count). The number of amides is 1. The molecule has 43 heavy (non-hydrogen) atoms. The Hall–Kier alpha value is -1.50. The lowest BCUT2D eigenvalue weighted by Gasteiger charge is -2.38. The zero-order valence-corrected chi connectivity index (χ0v) is 26.1. The van der Waals surface area contributed by atoms with Crippen molar-refractivity contribution >= 4 is 11.9 Å². The van der Waals surface area contributed by atoms with Crippen LogP contribution >= 0.6 is 0 Å². The second-order valence-electron chi connectivity index (χ2n) is 13.8. The molecule has 0 aromatic heterocycles. The quantitative estimate of drug-likeness (QED) is 0.386. The van der Waals surface area contributed by atoms with Gasteiger partial charge in [0.1, 0.15) is 48.8 Å². The first-order chi connectivity index (χ1) is 19.8. The normalized spacial score (nSPS) is 46.9. The molecule has 1 amide bonds. The summed E-state index contributed by atoms with van der Waals surface area (Å²) in [6.45, 7) is 14.4. The van der Waals surface area contributed by atoms with Crippen LogP contribution in [0.25, 0.3) is 0 Å². The average Bonchev–Trinajstić information content (AvgIpc) is 3.69. The molecule has 10 atom stereocenters. The summed E-state index contributed by atoms with van der Waals surface area (Å²) in [4.78, 5) is 27.2. The van der Waals surface area contributed by atoms with Gasteiger partial charge in [0.05, 0.1) is 26.7 Å². The first-order valence-corrected chi connectivity index (χ1v) is 14.7. The van der Waals surface area contributed by atoms with E-state index >= 15 is 0 Å². The van der Waals surface area contributed by atoms with Crippen LogP contribution in [-0.2, 0) is 61.7 Å². The summed E-state index contributed by atoms with van der Waals surface area (Å²) in [6, 6.07) is 0. The van der Waals surface area contributed by atoms with Gasteiger partial charge >= 0.3 is 5.97 Å². The second kappa shape index (κ2) is 10.00. The molecular weight excluding hydrogens is 572 g/mol. The Bertz CT molecular complexity index is 1150. The highest BCUT2D eigenvalue weighted by atomic mass is 16.8. The highest BCUT2D eigenvalue weighted by Gasteiger charge is 2.71. The number of ether oxygens (including phenoxy) is 11. The van der Waals surface area contributed by atoms with E-state index in [1.165, 1.54) is 7.11 Å².